The van der Waals surface area contributed by atoms with Gasteiger partial charge >= 0.3 is 0 Å². The smallest absolute Gasteiger partial charge is 0.253 e. The van der Waals surface area contributed by atoms with Gasteiger partial charge in [0.25, 0.3) is 5.91 Å². The molecule has 5 heteroatoms. The standard InChI is InChI=1S/C22H34N2O3/c1-2-12-23(15-17-26-18-21-9-6-16-27-21)20-10-13-24(14-11-20)22(25)19-7-4-3-5-8-19/h3-5,7-8,20-21H,2,6,9-18H2,1H3. The van der Waals surface area contributed by atoms with Crippen molar-refractivity contribution in [1.82, 2.24) is 9.80 Å². The average Bonchev–Trinajstić information content (AvgIpc) is 3.24. The first kappa shape index (κ1) is 20.3. The van der Waals surface area contributed by atoms with Gasteiger partial charge in [0.05, 0.1) is 19.3 Å². The molecule has 150 valence electrons. The second-order valence-corrected chi connectivity index (χ2v) is 7.64. The Morgan fingerprint density at radius 2 is 1.96 bits per heavy atom. The maximum Gasteiger partial charge on any atom is 0.253 e. The maximum absolute atomic E-state index is 12.6. The summed E-state index contributed by atoms with van der Waals surface area (Å²) < 4.78 is 11.5. The topological polar surface area (TPSA) is 42.0 Å². The lowest BCUT2D eigenvalue weighted by molar-refractivity contribution is 0.00341. The predicted octanol–water partition coefficient (Wildman–Crippen LogP) is 3.20. The van der Waals surface area contributed by atoms with Crippen LogP contribution in [0.1, 0.15) is 49.4 Å². The van der Waals surface area contributed by atoms with E-state index in [0.717, 1.165) is 83.7 Å². The molecular weight excluding hydrogens is 340 g/mol. The Hall–Kier alpha value is -1.43. The predicted molar refractivity (Wildman–Crippen MR) is 107 cm³/mol. The average molecular weight is 375 g/mol. The fourth-order valence-electron chi connectivity index (χ4n) is 4.13. The molecule has 0 bridgehead atoms. The van der Waals surface area contributed by atoms with E-state index in [2.05, 4.69) is 11.8 Å². The fourth-order valence-corrected chi connectivity index (χ4v) is 4.13. The van der Waals surface area contributed by atoms with Gasteiger partial charge in [-0.2, -0.15) is 0 Å². The van der Waals surface area contributed by atoms with Gasteiger partial charge in [0.1, 0.15) is 0 Å². The van der Waals surface area contributed by atoms with Crippen LogP contribution in [0.5, 0.6) is 0 Å². The van der Waals surface area contributed by atoms with E-state index < -0.39 is 0 Å². The van der Waals surface area contributed by atoms with Crippen molar-refractivity contribution < 1.29 is 14.3 Å². The highest BCUT2D eigenvalue weighted by molar-refractivity contribution is 5.94. The van der Waals surface area contributed by atoms with Gasteiger partial charge in [0.2, 0.25) is 0 Å². The molecule has 0 saturated carbocycles. The molecule has 3 rings (SSSR count). The lowest BCUT2D eigenvalue weighted by Crippen LogP contribution is -2.47. The molecule has 1 amide bonds. The van der Waals surface area contributed by atoms with Crippen LogP contribution in [0.3, 0.4) is 0 Å². The Morgan fingerprint density at radius 1 is 1.19 bits per heavy atom. The number of likely N-dealkylation sites (tertiary alicyclic amines) is 1. The summed E-state index contributed by atoms with van der Waals surface area (Å²) >= 11 is 0. The Bertz CT molecular complexity index is 552. The highest BCUT2D eigenvalue weighted by atomic mass is 16.5. The van der Waals surface area contributed by atoms with E-state index in [4.69, 9.17) is 9.47 Å². The van der Waals surface area contributed by atoms with Crippen LogP contribution in [0.4, 0.5) is 0 Å². The first-order valence-corrected chi connectivity index (χ1v) is 10.6. The van der Waals surface area contributed by atoms with Gasteiger partial charge in [-0.3, -0.25) is 9.69 Å². The minimum Gasteiger partial charge on any atom is -0.377 e. The first-order chi connectivity index (χ1) is 13.3. The Morgan fingerprint density at radius 3 is 2.63 bits per heavy atom. The van der Waals surface area contributed by atoms with Gasteiger partial charge in [-0.25, -0.2) is 0 Å². The second kappa shape index (κ2) is 10.8. The zero-order valence-electron chi connectivity index (χ0n) is 16.6. The molecule has 2 aliphatic heterocycles. The number of carbonyl (C=O) groups is 1. The molecule has 0 aliphatic carbocycles. The van der Waals surface area contributed by atoms with E-state index in [1.165, 1.54) is 0 Å². The Kier molecular flexibility index (Phi) is 8.11. The summed E-state index contributed by atoms with van der Waals surface area (Å²) in [5.41, 5.74) is 0.795. The van der Waals surface area contributed by atoms with E-state index in [1.54, 1.807) is 0 Å². The quantitative estimate of drug-likeness (QED) is 0.623. The zero-order valence-corrected chi connectivity index (χ0v) is 16.6. The van der Waals surface area contributed by atoms with Crippen LogP contribution in [0, 0.1) is 0 Å². The van der Waals surface area contributed by atoms with Crippen molar-refractivity contribution in [3.8, 4) is 0 Å². The number of piperidine rings is 1. The molecule has 27 heavy (non-hydrogen) atoms. The van der Waals surface area contributed by atoms with Crippen LogP contribution in [0.15, 0.2) is 30.3 Å². The summed E-state index contributed by atoms with van der Waals surface area (Å²) in [4.78, 5) is 17.2. The summed E-state index contributed by atoms with van der Waals surface area (Å²) in [6.45, 7) is 8.36. The summed E-state index contributed by atoms with van der Waals surface area (Å²) in [6, 6.07) is 10.2. The number of nitrogens with zero attached hydrogens (tertiary/aromatic N) is 2. The van der Waals surface area contributed by atoms with Gasteiger partial charge in [0.15, 0.2) is 0 Å². The fraction of sp³-hybridized carbons (Fsp3) is 0.682. The molecule has 0 spiro atoms. The van der Waals surface area contributed by atoms with Crippen molar-refractivity contribution >= 4 is 5.91 Å². The van der Waals surface area contributed by atoms with Crippen LogP contribution in [0.25, 0.3) is 0 Å². The van der Waals surface area contributed by atoms with Gasteiger partial charge in [-0.15, -0.1) is 0 Å². The van der Waals surface area contributed by atoms with Crippen molar-refractivity contribution in [2.45, 2.75) is 51.2 Å². The van der Waals surface area contributed by atoms with E-state index >= 15 is 0 Å². The number of carbonyl (C=O) groups excluding carboxylic acids is 1. The number of ether oxygens (including phenoxy) is 2. The van der Waals surface area contributed by atoms with E-state index in [0.29, 0.717) is 12.1 Å². The third-order valence-corrected chi connectivity index (χ3v) is 5.65. The largest absolute Gasteiger partial charge is 0.377 e. The third-order valence-electron chi connectivity index (χ3n) is 5.65. The van der Waals surface area contributed by atoms with Crippen LogP contribution in [-0.2, 0) is 9.47 Å². The Balaban J connectivity index is 1.41. The maximum atomic E-state index is 12.6. The van der Waals surface area contributed by atoms with Crippen molar-refractivity contribution in [2.24, 2.45) is 0 Å². The van der Waals surface area contributed by atoms with Crippen LogP contribution < -0.4 is 0 Å². The number of hydrogen-bond acceptors (Lipinski definition) is 4. The molecule has 2 heterocycles. The summed E-state index contributed by atoms with van der Waals surface area (Å²) in [7, 11) is 0. The molecular formula is C22H34N2O3. The highest BCUT2D eigenvalue weighted by Gasteiger charge is 2.27. The van der Waals surface area contributed by atoms with Crippen molar-refractivity contribution in [1.29, 1.82) is 0 Å². The van der Waals surface area contributed by atoms with Gasteiger partial charge in [-0.1, -0.05) is 25.1 Å². The van der Waals surface area contributed by atoms with Gasteiger partial charge in [-0.05, 0) is 50.8 Å². The van der Waals surface area contributed by atoms with Crippen LogP contribution in [0.2, 0.25) is 0 Å². The monoisotopic (exact) mass is 374 g/mol. The highest BCUT2D eigenvalue weighted by Crippen LogP contribution is 2.19. The van der Waals surface area contributed by atoms with Gasteiger partial charge < -0.3 is 14.4 Å². The zero-order chi connectivity index (χ0) is 18.9. The van der Waals surface area contributed by atoms with Crippen LogP contribution in [-0.4, -0.2) is 73.9 Å². The minimum atomic E-state index is 0.163. The third kappa shape index (κ3) is 6.03. The molecule has 1 aromatic rings. The normalized spacial score (nSPS) is 21.1. The molecule has 0 N–H and O–H groups in total. The summed E-state index contributed by atoms with van der Waals surface area (Å²) in [6.07, 6.45) is 5.84. The lowest BCUT2D eigenvalue weighted by Gasteiger charge is -2.38. The molecule has 0 aromatic heterocycles. The number of benzene rings is 1. The van der Waals surface area contributed by atoms with Crippen LogP contribution >= 0.6 is 0 Å². The van der Waals surface area contributed by atoms with E-state index in [1.807, 2.05) is 35.2 Å². The summed E-state index contributed by atoms with van der Waals surface area (Å²) in [5.74, 6) is 0.163. The molecule has 2 aliphatic rings. The number of hydrogen-bond donors (Lipinski definition) is 0. The minimum absolute atomic E-state index is 0.163. The molecule has 1 aromatic carbocycles. The molecule has 1 unspecified atom stereocenters. The van der Waals surface area contributed by atoms with E-state index in [-0.39, 0.29) is 5.91 Å². The van der Waals surface area contributed by atoms with E-state index in [9.17, 15) is 4.79 Å². The molecule has 0 radical (unpaired) electrons. The van der Waals surface area contributed by atoms with Gasteiger partial charge in [0, 0.05) is 37.8 Å². The second-order valence-electron chi connectivity index (χ2n) is 7.64. The van der Waals surface area contributed by atoms with Crippen molar-refractivity contribution in [2.75, 3.05) is 46.0 Å². The Labute approximate surface area is 163 Å². The van der Waals surface area contributed by atoms with Crippen molar-refractivity contribution in [3.05, 3.63) is 35.9 Å². The number of rotatable bonds is 9. The number of amides is 1. The SMILES string of the molecule is CCCN(CCOCC1CCCO1)C1CCN(C(=O)c2ccccc2)CC1. The molecule has 1 atom stereocenters. The van der Waals surface area contributed by atoms with Crippen molar-refractivity contribution in [3.63, 3.8) is 0 Å². The lowest BCUT2D eigenvalue weighted by atomic mass is 10.0. The summed E-state index contributed by atoms with van der Waals surface area (Å²) in [5, 5.41) is 0. The molecule has 5 nitrogen and oxygen atoms in total. The first-order valence-electron chi connectivity index (χ1n) is 10.6. The molecule has 2 fully saturated rings. The molecule has 2 saturated heterocycles.